The third kappa shape index (κ3) is 6.13. The Balaban J connectivity index is 0.00000361. The quantitative estimate of drug-likeness (QED) is 0.660. The fraction of sp³-hybridized carbons (Fsp3) is 0.857. The zero-order valence-electron chi connectivity index (χ0n) is 12.5. The van der Waals surface area contributed by atoms with E-state index in [2.05, 4.69) is 12.2 Å². The number of nitrogens with one attached hydrogen (secondary N) is 1. The van der Waals surface area contributed by atoms with Crippen molar-refractivity contribution in [2.45, 2.75) is 57.9 Å². The molecule has 0 bridgehead atoms. The molecule has 1 aliphatic heterocycles. The van der Waals surface area contributed by atoms with Gasteiger partial charge in [-0.2, -0.15) is 13.5 Å². The number of nitrogens with two attached hydrogens (primary N) is 1. The number of unbranched alkanes of at least 4 members (excludes halogenated alkanes) is 2. The summed E-state index contributed by atoms with van der Waals surface area (Å²) >= 11 is 0. The monoisotopic (exact) mass is 303 g/mol. The second-order valence-electron chi connectivity index (χ2n) is 5.14. The number of likely N-dealkylation sites (tertiary alicyclic amines) is 1. The van der Waals surface area contributed by atoms with E-state index in [1.165, 1.54) is 0 Å². The van der Waals surface area contributed by atoms with Crippen LogP contribution in [0.3, 0.4) is 0 Å². The minimum Gasteiger partial charge on any atom is -0.354 e. The molecule has 0 saturated carbocycles. The van der Waals surface area contributed by atoms with Crippen LogP contribution in [0.2, 0.25) is 0 Å². The average Bonchev–Trinajstić information content (AvgIpc) is 2.88. The van der Waals surface area contributed by atoms with Gasteiger partial charge in [0.25, 0.3) is 0 Å². The second-order valence-corrected chi connectivity index (χ2v) is 5.14. The summed E-state index contributed by atoms with van der Waals surface area (Å²) in [5, 5.41) is 2.86. The largest absolute Gasteiger partial charge is 0.354 e. The number of carbonyl (C=O) groups excluding carboxylic acids is 2. The highest BCUT2D eigenvalue weighted by molar-refractivity contribution is 7.59. The van der Waals surface area contributed by atoms with Gasteiger partial charge in [0.2, 0.25) is 11.8 Å². The first-order valence-electron chi connectivity index (χ1n) is 7.48. The maximum Gasteiger partial charge on any atom is 0.242 e. The van der Waals surface area contributed by atoms with E-state index in [1.54, 1.807) is 4.90 Å². The minimum atomic E-state index is -0.257. The first kappa shape index (κ1) is 19.2. The van der Waals surface area contributed by atoms with Gasteiger partial charge < -0.3 is 16.0 Å². The molecule has 0 spiro atoms. The summed E-state index contributed by atoms with van der Waals surface area (Å²) in [5.41, 5.74) is 5.40. The summed E-state index contributed by atoms with van der Waals surface area (Å²) in [7, 11) is 0. The number of hydrogen-bond donors (Lipinski definition) is 2. The molecule has 1 heterocycles. The van der Waals surface area contributed by atoms with Crippen LogP contribution in [0.4, 0.5) is 0 Å². The lowest BCUT2D eigenvalue weighted by Gasteiger charge is -2.24. The summed E-state index contributed by atoms with van der Waals surface area (Å²) in [4.78, 5) is 25.9. The topological polar surface area (TPSA) is 75.4 Å². The molecule has 1 atom stereocenters. The van der Waals surface area contributed by atoms with Gasteiger partial charge in [0.1, 0.15) is 6.04 Å². The van der Waals surface area contributed by atoms with Crippen LogP contribution in [0.25, 0.3) is 0 Å². The van der Waals surface area contributed by atoms with Crippen LogP contribution in [-0.2, 0) is 9.59 Å². The van der Waals surface area contributed by atoms with Gasteiger partial charge in [-0.25, -0.2) is 0 Å². The van der Waals surface area contributed by atoms with Crippen LogP contribution in [0.5, 0.6) is 0 Å². The Morgan fingerprint density at radius 1 is 1.30 bits per heavy atom. The Kier molecular flexibility index (Phi) is 10.6. The number of hydrogen-bond acceptors (Lipinski definition) is 3. The maximum absolute atomic E-state index is 12.1. The molecule has 1 saturated heterocycles. The third-order valence-corrected chi connectivity index (χ3v) is 3.55. The molecule has 0 aromatic carbocycles. The summed E-state index contributed by atoms with van der Waals surface area (Å²) in [6.45, 7) is 4.02. The number of carbonyl (C=O) groups is 2. The Morgan fingerprint density at radius 3 is 2.70 bits per heavy atom. The van der Waals surface area contributed by atoms with Gasteiger partial charge in [-0.05, 0) is 32.2 Å². The van der Waals surface area contributed by atoms with Crippen LogP contribution < -0.4 is 11.1 Å². The lowest BCUT2D eigenvalue weighted by atomic mass is 10.1. The van der Waals surface area contributed by atoms with Crippen LogP contribution >= 0.6 is 13.5 Å². The highest BCUT2D eigenvalue weighted by Crippen LogP contribution is 2.19. The number of amides is 2. The highest BCUT2D eigenvalue weighted by Gasteiger charge is 2.33. The Labute approximate surface area is 129 Å². The van der Waals surface area contributed by atoms with Crippen molar-refractivity contribution in [3.63, 3.8) is 0 Å². The van der Waals surface area contributed by atoms with Gasteiger partial charge in [0, 0.05) is 19.5 Å². The van der Waals surface area contributed by atoms with E-state index in [0.29, 0.717) is 19.5 Å². The summed E-state index contributed by atoms with van der Waals surface area (Å²) < 4.78 is 0. The van der Waals surface area contributed by atoms with Gasteiger partial charge in [-0.1, -0.05) is 19.8 Å². The van der Waals surface area contributed by atoms with Crippen molar-refractivity contribution in [3.05, 3.63) is 0 Å². The predicted octanol–water partition coefficient (Wildman–Crippen LogP) is 1.14. The normalized spacial score (nSPS) is 17.7. The summed E-state index contributed by atoms with van der Waals surface area (Å²) in [6.07, 6.45) is 6.17. The van der Waals surface area contributed by atoms with Crippen molar-refractivity contribution >= 4 is 25.3 Å². The zero-order chi connectivity index (χ0) is 14.1. The third-order valence-electron chi connectivity index (χ3n) is 3.55. The standard InChI is InChI=1S/C14H27N3O2.H2S/c1-2-3-4-8-13(18)17-11-5-7-12(17)14(19)16-10-6-9-15;/h12H,2-11,15H2,1H3,(H,16,19);1H2. The van der Waals surface area contributed by atoms with Crippen molar-refractivity contribution in [2.75, 3.05) is 19.6 Å². The molecule has 6 heteroatoms. The molecule has 0 radical (unpaired) electrons. The predicted molar refractivity (Wildman–Crippen MR) is 85.9 cm³/mol. The van der Waals surface area contributed by atoms with E-state index >= 15 is 0 Å². The van der Waals surface area contributed by atoms with E-state index in [-0.39, 0.29) is 31.4 Å². The van der Waals surface area contributed by atoms with Crippen molar-refractivity contribution in [1.29, 1.82) is 0 Å². The molecule has 3 N–H and O–H groups in total. The van der Waals surface area contributed by atoms with Crippen LogP contribution in [0.1, 0.15) is 51.9 Å². The molecular formula is C14H29N3O2S. The molecule has 2 amide bonds. The second kappa shape index (κ2) is 11.0. The molecule has 0 aliphatic carbocycles. The van der Waals surface area contributed by atoms with Crippen molar-refractivity contribution in [3.8, 4) is 0 Å². The number of nitrogens with zero attached hydrogens (tertiary/aromatic N) is 1. The van der Waals surface area contributed by atoms with Crippen molar-refractivity contribution < 1.29 is 9.59 Å². The molecule has 20 heavy (non-hydrogen) atoms. The molecule has 5 nitrogen and oxygen atoms in total. The van der Waals surface area contributed by atoms with Crippen molar-refractivity contribution in [1.82, 2.24) is 10.2 Å². The van der Waals surface area contributed by atoms with Gasteiger partial charge in [-0.3, -0.25) is 9.59 Å². The van der Waals surface area contributed by atoms with Crippen LogP contribution in [0, 0.1) is 0 Å². The van der Waals surface area contributed by atoms with E-state index in [4.69, 9.17) is 5.73 Å². The zero-order valence-corrected chi connectivity index (χ0v) is 13.5. The smallest absolute Gasteiger partial charge is 0.242 e. The molecular weight excluding hydrogens is 274 g/mol. The molecule has 1 aliphatic rings. The van der Waals surface area contributed by atoms with E-state index in [9.17, 15) is 9.59 Å². The summed E-state index contributed by atoms with van der Waals surface area (Å²) in [6, 6.07) is -0.257. The minimum absolute atomic E-state index is 0. The van der Waals surface area contributed by atoms with E-state index < -0.39 is 0 Å². The molecule has 1 unspecified atom stereocenters. The highest BCUT2D eigenvalue weighted by atomic mass is 32.1. The lowest BCUT2D eigenvalue weighted by molar-refractivity contribution is -0.138. The van der Waals surface area contributed by atoms with Crippen LogP contribution in [-0.4, -0.2) is 42.4 Å². The van der Waals surface area contributed by atoms with Crippen LogP contribution in [0.15, 0.2) is 0 Å². The Hall–Kier alpha value is -0.750. The average molecular weight is 303 g/mol. The Morgan fingerprint density at radius 2 is 2.05 bits per heavy atom. The fourth-order valence-corrected chi connectivity index (χ4v) is 2.44. The van der Waals surface area contributed by atoms with Gasteiger partial charge in [0.15, 0.2) is 0 Å². The Bertz CT molecular complexity index is 272. The number of rotatable bonds is 8. The summed E-state index contributed by atoms with van der Waals surface area (Å²) in [5.74, 6) is 0.111. The van der Waals surface area contributed by atoms with Gasteiger partial charge >= 0.3 is 0 Å². The SMILES string of the molecule is CCCCCC(=O)N1CCCC1C(=O)NCCCN.S. The molecule has 1 rings (SSSR count). The first-order valence-corrected chi connectivity index (χ1v) is 7.48. The molecule has 0 aromatic rings. The molecule has 1 fully saturated rings. The van der Waals surface area contributed by atoms with Crippen molar-refractivity contribution in [2.24, 2.45) is 5.73 Å². The van der Waals surface area contributed by atoms with Gasteiger partial charge in [-0.15, -0.1) is 0 Å². The maximum atomic E-state index is 12.1. The van der Waals surface area contributed by atoms with E-state index in [0.717, 1.165) is 45.1 Å². The fourth-order valence-electron chi connectivity index (χ4n) is 2.44. The molecule has 0 aromatic heterocycles. The molecule has 118 valence electrons. The van der Waals surface area contributed by atoms with Gasteiger partial charge in [0.05, 0.1) is 0 Å². The lowest BCUT2D eigenvalue weighted by Crippen LogP contribution is -2.46. The van der Waals surface area contributed by atoms with E-state index in [1.807, 2.05) is 0 Å². The first-order chi connectivity index (χ1) is 9.20.